The van der Waals surface area contributed by atoms with Crippen molar-refractivity contribution in [2.24, 2.45) is 0 Å². The number of rotatable bonds is 3. The lowest BCUT2D eigenvalue weighted by molar-refractivity contribution is 0.627. The molecular formula is C16H18FN. The van der Waals surface area contributed by atoms with Gasteiger partial charge in [-0.25, -0.2) is 4.39 Å². The van der Waals surface area contributed by atoms with Crippen molar-refractivity contribution in [3.8, 4) is 0 Å². The van der Waals surface area contributed by atoms with Gasteiger partial charge in [0.05, 0.1) is 0 Å². The smallest absolute Gasteiger partial charge is 0.123 e. The minimum absolute atomic E-state index is 0.202. The van der Waals surface area contributed by atoms with Crippen LogP contribution in [0.3, 0.4) is 0 Å². The van der Waals surface area contributed by atoms with Crippen molar-refractivity contribution in [1.29, 1.82) is 0 Å². The van der Waals surface area contributed by atoms with E-state index in [4.69, 9.17) is 0 Å². The Balaban J connectivity index is 2.43. The Hall–Kier alpha value is -1.83. The molecule has 0 bridgehead atoms. The van der Waals surface area contributed by atoms with Crippen LogP contribution >= 0.6 is 0 Å². The molecule has 2 rings (SSSR count). The van der Waals surface area contributed by atoms with Crippen LogP contribution in [-0.4, -0.2) is 6.04 Å². The maximum Gasteiger partial charge on any atom is 0.123 e. The predicted octanol–water partition coefficient (Wildman–Crippen LogP) is 4.68. The molecule has 0 saturated heterocycles. The Labute approximate surface area is 108 Å². The van der Waals surface area contributed by atoms with Crippen LogP contribution in [0, 0.1) is 12.7 Å². The molecule has 2 aromatic rings. The van der Waals surface area contributed by atoms with Crippen molar-refractivity contribution in [2.45, 2.75) is 26.8 Å². The van der Waals surface area contributed by atoms with Crippen molar-refractivity contribution in [3.63, 3.8) is 0 Å². The molecular weight excluding hydrogens is 225 g/mol. The Morgan fingerprint density at radius 2 is 1.61 bits per heavy atom. The van der Waals surface area contributed by atoms with E-state index in [0.29, 0.717) is 6.04 Å². The van der Waals surface area contributed by atoms with E-state index in [1.54, 1.807) is 0 Å². The second kappa shape index (κ2) is 5.21. The number of hydrogen-bond acceptors (Lipinski definition) is 1. The quantitative estimate of drug-likeness (QED) is 0.756. The lowest BCUT2D eigenvalue weighted by Crippen LogP contribution is -2.25. The van der Waals surface area contributed by atoms with Gasteiger partial charge in [0, 0.05) is 17.4 Å². The van der Waals surface area contributed by atoms with Gasteiger partial charge in [0.25, 0.3) is 0 Å². The molecule has 0 spiro atoms. The van der Waals surface area contributed by atoms with E-state index >= 15 is 0 Å². The molecule has 2 aromatic carbocycles. The molecule has 0 fully saturated rings. The second-order valence-corrected chi connectivity index (χ2v) is 4.78. The molecule has 0 heterocycles. The van der Waals surface area contributed by atoms with Crippen LogP contribution in [0.25, 0.3) is 0 Å². The molecule has 0 atom stereocenters. The monoisotopic (exact) mass is 243 g/mol. The van der Waals surface area contributed by atoms with Crippen LogP contribution in [0.1, 0.15) is 19.4 Å². The Bertz CT molecular complexity index is 517. The van der Waals surface area contributed by atoms with E-state index in [1.165, 1.54) is 17.7 Å². The van der Waals surface area contributed by atoms with Crippen LogP contribution in [-0.2, 0) is 0 Å². The Morgan fingerprint density at radius 3 is 2.17 bits per heavy atom. The first kappa shape index (κ1) is 12.6. The second-order valence-electron chi connectivity index (χ2n) is 4.78. The summed E-state index contributed by atoms with van der Waals surface area (Å²) in [5, 5.41) is 0. The van der Waals surface area contributed by atoms with Gasteiger partial charge in [-0.05, 0) is 62.7 Å². The summed E-state index contributed by atoms with van der Waals surface area (Å²) in [5.41, 5.74) is 3.37. The lowest BCUT2D eigenvalue weighted by atomic mass is 10.1. The Kier molecular flexibility index (Phi) is 3.66. The number of anilines is 2. The average molecular weight is 243 g/mol. The third-order valence-corrected chi connectivity index (χ3v) is 2.90. The molecule has 0 aliphatic rings. The maximum absolute atomic E-state index is 13.0. The van der Waals surface area contributed by atoms with Gasteiger partial charge < -0.3 is 4.90 Å². The van der Waals surface area contributed by atoms with Gasteiger partial charge in [-0.1, -0.05) is 12.1 Å². The van der Waals surface area contributed by atoms with Crippen molar-refractivity contribution < 1.29 is 4.39 Å². The predicted molar refractivity (Wildman–Crippen MR) is 74.9 cm³/mol. The molecule has 0 radical (unpaired) electrons. The summed E-state index contributed by atoms with van der Waals surface area (Å²) in [7, 11) is 0. The van der Waals surface area contributed by atoms with Crippen molar-refractivity contribution in [1.82, 2.24) is 0 Å². The first-order chi connectivity index (χ1) is 8.58. The summed E-state index contributed by atoms with van der Waals surface area (Å²) >= 11 is 0. The van der Waals surface area contributed by atoms with Crippen LogP contribution in [0.4, 0.5) is 15.8 Å². The fraction of sp³-hybridized carbons (Fsp3) is 0.250. The Morgan fingerprint density at radius 1 is 0.944 bits per heavy atom. The van der Waals surface area contributed by atoms with E-state index in [1.807, 2.05) is 18.2 Å². The fourth-order valence-corrected chi connectivity index (χ4v) is 2.12. The third-order valence-electron chi connectivity index (χ3n) is 2.90. The van der Waals surface area contributed by atoms with Gasteiger partial charge in [0.2, 0.25) is 0 Å². The lowest BCUT2D eigenvalue weighted by Gasteiger charge is -2.29. The highest BCUT2D eigenvalue weighted by molar-refractivity contribution is 5.64. The molecule has 1 nitrogen and oxygen atoms in total. The van der Waals surface area contributed by atoms with Crippen molar-refractivity contribution >= 4 is 11.4 Å². The molecule has 0 N–H and O–H groups in total. The van der Waals surface area contributed by atoms with Crippen LogP contribution in [0.5, 0.6) is 0 Å². The largest absolute Gasteiger partial charge is 0.339 e. The number of nitrogens with zero attached hydrogens (tertiary/aromatic N) is 1. The summed E-state index contributed by atoms with van der Waals surface area (Å²) in [5.74, 6) is -0.202. The van der Waals surface area contributed by atoms with Gasteiger partial charge in [0.15, 0.2) is 0 Å². The van der Waals surface area contributed by atoms with E-state index < -0.39 is 0 Å². The van der Waals surface area contributed by atoms with Gasteiger partial charge >= 0.3 is 0 Å². The van der Waals surface area contributed by atoms with Gasteiger partial charge in [-0.3, -0.25) is 0 Å². The number of aryl methyl sites for hydroxylation is 1. The molecule has 94 valence electrons. The zero-order valence-electron chi connectivity index (χ0n) is 11.0. The van der Waals surface area contributed by atoms with Crippen LogP contribution in [0.2, 0.25) is 0 Å². The highest BCUT2D eigenvalue weighted by Gasteiger charge is 2.12. The molecule has 0 aliphatic heterocycles. The van der Waals surface area contributed by atoms with Crippen molar-refractivity contribution in [2.75, 3.05) is 4.90 Å². The number of hydrogen-bond donors (Lipinski definition) is 0. The molecule has 2 heteroatoms. The number of halogens is 1. The summed E-state index contributed by atoms with van der Waals surface area (Å²) in [4.78, 5) is 2.20. The highest BCUT2D eigenvalue weighted by atomic mass is 19.1. The zero-order chi connectivity index (χ0) is 13.1. The number of benzene rings is 2. The summed E-state index contributed by atoms with van der Waals surface area (Å²) in [6.45, 7) is 6.34. The molecule has 0 aliphatic carbocycles. The van der Waals surface area contributed by atoms with Crippen molar-refractivity contribution in [3.05, 3.63) is 59.9 Å². The minimum Gasteiger partial charge on any atom is -0.339 e. The molecule has 18 heavy (non-hydrogen) atoms. The average Bonchev–Trinajstić information content (AvgIpc) is 2.32. The van der Waals surface area contributed by atoms with E-state index in [0.717, 1.165) is 11.4 Å². The standard InChI is InChI=1S/C16H18FN/c1-12(2)18(15-9-7-14(17)8-10-15)16-6-4-5-13(3)11-16/h4-12H,1-3H3. The van der Waals surface area contributed by atoms with E-state index in [2.05, 4.69) is 43.9 Å². The van der Waals surface area contributed by atoms with E-state index in [-0.39, 0.29) is 5.82 Å². The maximum atomic E-state index is 13.0. The summed E-state index contributed by atoms with van der Waals surface area (Å²) < 4.78 is 13.0. The van der Waals surface area contributed by atoms with E-state index in [9.17, 15) is 4.39 Å². The first-order valence-electron chi connectivity index (χ1n) is 6.19. The normalized spacial score (nSPS) is 10.7. The third kappa shape index (κ3) is 2.70. The first-order valence-corrected chi connectivity index (χ1v) is 6.19. The molecule has 0 aromatic heterocycles. The fourth-order valence-electron chi connectivity index (χ4n) is 2.12. The molecule has 0 unspecified atom stereocenters. The van der Waals surface area contributed by atoms with Gasteiger partial charge in [-0.2, -0.15) is 0 Å². The highest BCUT2D eigenvalue weighted by Crippen LogP contribution is 2.28. The molecule has 0 amide bonds. The van der Waals surface area contributed by atoms with Gasteiger partial charge in [-0.15, -0.1) is 0 Å². The summed E-state index contributed by atoms with van der Waals surface area (Å²) in [6.07, 6.45) is 0. The van der Waals surface area contributed by atoms with Crippen LogP contribution in [0.15, 0.2) is 48.5 Å². The topological polar surface area (TPSA) is 3.24 Å². The molecule has 0 saturated carbocycles. The minimum atomic E-state index is -0.202. The SMILES string of the molecule is Cc1cccc(N(c2ccc(F)cc2)C(C)C)c1. The summed E-state index contributed by atoms with van der Waals surface area (Å²) in [6, 6.07) is 15.3. The van der Waals surface area contributed by atoms with Gasteiger partial charge in [0.1, 0.15) is 5.82 Å². The zero-order valence-corrected chi connectivity index (χ0v) is 11.0. The van der Waals surface area contributed by atoms with Crippen LogP contribution < -0.4 is 4.90 Å².